The largest absolute Gasteiger partial charge is 0.310 e. The molecule has 0 aromatic heterocycles. The third-order valence-electron chi connectivity index (χ3n) is 2.99. The maximum Gasteiger partial charge on any atom is 0.123 e. The molecule has 106 valence electrons. The highest BCUT2D eigenvalue weighted by molar-refractivity contribution is 6.33. The third kappa shape index (κ3) is 3.56. The number of rotatable bonds is 4. The first-order valence-corrected chi connectivity index (χ1v) is 6.82. The number of hydrogen-bond acceptors (Lipinski definition) is 1. The average molecular weight is 296 g/mol. The second-order valence-corrected chi connectivity index (χ2v) is 5.37. The van der Waals surface area contributed by atoms with E-state index in [1.165, 1.54) is 30.3 Å². The number of benzene rings is 2. The van der Waals surface area contributed by atoms with Crippen LogP contribution < -0.4 is 5.32 Å². The average Bonchev–Trinajstić information content (AvgIpc) is 2.40. The lowest BCUT2D eigenvalue weighted by molar-refractivity contribution is 0.587. The normalized spacial score (nSPS) is 11.1. The monoisotopic (exact) mass is 295 g/mol. The van der Waals surface area contributed by atoms with Crippen LogP contribution in [-0.2, 0) is 6.54 Å². The van der Waals surface area contributed by atoms with Crippen molar-refractivity contribution in [3.8, 4) is 11.1 Å². The molecule has 0 saturated heterocycles. The van der Waals surface area contributed by atoms with Gasteiger partial charge in [0, 0.05) is 23.2 Å². The van der Waals surface area contributed by atoms with E-state index in [0.29, 0.717) is 28.7 Å². The minimum Gasteiger partial charge on any atom is -0.310 e. The van der Waals surface area contributed by atoms with Gasteiger partial charge in [-0.25, -0.2) is 8.78 Å². The fourth-order valence-electron chi connectivity index (χ4n) is 1.97. The molecule has 2 rings (SSSR count). The van der Waals surface area contributed by atoms with Gasteiger partial charge in [0.2, 0.25) is 0 Å². The molecular weight excluding hydrogens is 280 g/mol. The summed E-state index contributed by atoms with van der Waals surface area (Å²) in [5, 5.41) is 3.67. The minimum absolute atomic E-state index is 0.302. The van der Waals surface area contributed by atoms with Crippen LogP contribution in [0.5, 0.6) is 0 Å². The number of hydrogen-bond donors (Lipinski definition) is 1. The Labute approximate surface area is 122 Å². The lowest BCUT2D eigenvalue weighted by Gasteiger charge is -2.14. The van der Waals surface area contributed by atoms with Gasteiger partial charge in [-0.3, -0.25) is 0 Å². The first kappa shape index (κ1) is 14.9. The molecule has 0 aliphatic carbocycles. The molecule has 0 aliphatic heterocycles. The summed E-state index contributed by atoms with van der Waals surface area (Å²) in [6, 6.07) is 8.88. The SMILES string of the molecule is CC(C)NCc1ccc(F)cc1-c1cc(F)ccc1Cl. The first-order valence-electron chi connectivity index (χ1n) is 6.44. The van der Waals surface area contributed by atoms with Crippen molar-refractivity contribution in [3.05, 3.63) is 58.6 Å². The molecule has 0 heterocycles. The van der Waals surface area contributed by atoms with Crippen LogP contribution in [0.2, 0.25) is 5.02 Å². The number of halogens is 3. The van der Waals surface area contributed by atoms with Crippen molar-refractivity contribution in [2.45, 2.75) is 26.4 Å². The second-order valence-electron chi connectivity index (χ2n) is 4.96. The van der Waals surface area contributed by atoms with Crippen LogP contribution in [0.4, 0.5) is 8.78 Å². The van der Waals surface area contributed by atoms with Gasteiger partial charge >= 0.3 is 0 Å². The van der Waals surface area contributed by atoms with E-state index in [1.807, 2.05) is 13.8 Å². The third-order valence-corrected chi connectivity index (χ3v) is 3.32. The van der Waals surface area contributed by atoms with Crippen molar-refractivity contribution >= 4 is 11.6 Å². The van der Waals surface area contributed by atoms with Crippen LogP contribution in [0.3, 0.4) is 0 Å². The Morgan fingerprint density at radius 1 is 1.00 bits per heavy atom. The zero-order valence-corrected chi connectivity index (χ0v) is 12.1. The van der Waals surface area contributed by atoms with Gasteiger partial charge in [-0.2, -0.15) is 0 Å². The fourth-order valence-corrected chi connectivity index (χ4v) is 2.19. The molecule has 0 spiro atoms. The predicted octanol–water partition coefficient (Wildman–Crippen LogP) is 4.78. The highest BCUT2D eigenvalue weighted by atomic mass is 35.5. The van der Waals surface area contributed by atoms with Crippen molar-refractivity contribution in [2.24, 2.45) is 0 Å². The van der Waals surface area contributed by atoms with Gasteiger partial charge in [0.25, 0.3) is 0 Å². The molecule has 0 saturated carbocycles. The Bertz CT molecular complexity index is 611. The van der Waals surface area contributed by atoms with Gasteiger partial charge in [0.15, 0.2) is 0 Å². The molecule has 0 unspecified atom stereocenters. The Hall–Kier alpha value is -1.45. The molecule has 0 bridgehead atoms. The van der Waals surface area contributed by atoms with E-state index in [9.17, 15) is 8.78 Å². The van der Waals surface area contributed by atoms with E-state index >= 15 is 0 Å². The second kappa shape index (κ2) is 6.33. The smallest absolute Gasteiger partial charge is 0.123 e. The molecule has 0 aliphatic rings. The Kier molecular flexibility index (Phi) is 4.73. The summed E-state index contributed by atoms with van der Waals surface area (Å²) in [6.45, 7) is 4.62. The summed E-state index contributed by atoms with van der Waals surface area (Å²) in [5.74, 6) is -0.759. The van der Waals surface area contributed by atoms with E-state index in [1.54, 1.807) is 6.07 Å². The molecule has 0 fully saturated rings. The van der Waals surface area contributed by atoms with E-state index < -0.39 is 5.82 Å². The summed E-state index contributed by atoms with van der Waals surface area (Å²) in [4.78, 5) is 0. The van der Waals surface area contributed by atoms with Crippen LogP contribution in [-0.4, -0.2) is 6.04 Å². The molecule has 0 radical (unpaired) electrons. The van der Waals surface area contributed by atoms with Crippen LogP contribution in [0.15, 0.2) is 36.4 Å². The summed E-state index contributed by atoms with van der Waals surface area (Å²) in [6.07, 6.45) is 0. The van der Waals surface area contributed by atoms with Gasteiger partial charge in [0.1, 0.15) is 11.6 Å². The van der Waals surface area contributed by atoms with E-state index in [0.717, 1.165) is 5.56 Å². The summed E-state index contributed by atoms with van der Waals surface area (Å²) in [5.41, 5.74) is 2.00. The molecule has 0 atom stereocenters. The van der Waals surface area contributed by atoms with Gasteiger partial charge in [-0.15, -0.1) is 0 Å². The molecule has 1 N–H and O–H groups in total. The molecule has 2 aromatic rings. The zero-order valence-electron chi connectivity index (χ0n) is 11.4. The van der Waals surface area contributed by atoms with Crippen LogP contribution in [0.1, 0.15) is 19.4 Å². The van der Waals surface area contributed by atoms with E-state index in [2.05, 4.69) is 5.32 Å². The fraction of sp³-hybridized carbons (Fsp3) is 0.250. The van der Waals surface area contributed by atoms with Gasteiger partial charge < -0.3 is 5.32 Å². The molecule has 4 heteroatoms. The van der Waals surface area contributed by atoms with Crippen molar-refractivity contribution in [2.75, 3.05) is 0 Å². The molecule has 1 nitrogen and oxygen atoms in total. The highest BCUT2D eigenvalue weighted by Gasteiger charge is 2.11. The molecular formula is C16H16ClF2N. The summed E-state index contributed by atoms with van der Waals surface area (Å²) < 4.78 is 26.9. The quantitative estimate of drug-likeness (QED) is 0.855. The molecule has 2 aromatic carbocycles. The highest BCUT2D eigenvalue weighted by Crippen LogP contribution is 2.31. The predicted molar refractivity (Wildman–Crippen MR) is 78.8 cm³/mol. The Morgan fingerprint density at radius 2 is 1.60 bits per heavy atom. The van der Waals surface area contributed by atoms with Gasteiger partial charge in [0.05, 0.1) is 0 Å². The standard InChI is InChI=1S/C16H16ClF2N/c1-10(2)20-9-11-3-4-12(18)7-14(11)15-8-13(19)5-6-16(15)17/h3-8,10,20H,9H2,1-2H3. The minimum atomic E-state index is -0.392. The summed E-state index contributed by atoms with van der Waals surface area (Å²) in [7, 11) is 0. The van der Waals surface area contributed by atoms with Crippen molar-refractivity contribution in [1.82, 2.24) is 5.32 Å². The molecule has 0 amide bonds. The van der Waals surface area contributed by atoms with Gasteiger partial charge in [-0.05, 0) is 41.5 Å². The maximum atomic E-state index is 13.5. The summed E-state index contributed by atoms with van der Waals surface area (Å²) >= 11 is 6.11. The lowest BCUT2D eigenvalue weighted by atomic mass is 9.99. The Balaban J connectivity index is 2.48. The number of nitrogens with one attached hydrogen (secondary N) is 1. The van der Waals surface area contributed by atoms with Crippen LogP contribution in [0.25, 0.3) is 11.1 Å². The first-order chi connectivity index (χ1) is 9.47. The molecule has 20 heavy (non-hydrogen) atoms. The van der Waals surface area contributed by atoms with Crippen LogP contribution >= 0.6 is 11.6 Å². The lowest BCUT2D eigenvalue weighted by Crippen LogP contribution is -2.22. The zero-order chi connectivity index (χ0) is 14.7. The maximum absolute atomic E-state index is 13.5. The van der Waals surface area contributed by atoms with E-state index in [-0.39, 0.29) is 5.82 Å². The van der Waals surface area contributed by atoms with E-state index in [4.69, 9.17) is 11.6 Å². The Morgan fingerprint density at radius 3 is 2.25 bits per heavy atom. The van der Waals surface area contributed by atoms with Gasteiger partial charge in [-0.1, -0.05) is 31.5 Å². The van der Waals surface area contributed by atoms with Crippen LogP contribution in [0, 0.1) is 11.6 Å². The van der Waals surface area contributed by atoms with Crippen molar-refractivity contribution in [3.63, 3.8) is 0 Å². The van der Waals surface area contributed by atoms with Crippen molar-refractivity contribution < 1.29 is 8.78 Å². The topological polar surface area (TPSA) is 12.0 Å². The van der Waals surface area contributed by atoms with Crippen molar-refractivity contribution in [1.29, 1.82) is 0 Å².